The van der Waals surface area contributed by atoms with E-state index in [0.29, 0.717) is 5.75 Å². The minimum Gasteiger partial charge on any atom is -0.435 e. The molecule has 134 valence electrons. The van der Waals surface area contributed by atoms with Gasteiger partial charge < -0.3 is 15.8 Å². The van der Waals surface area contributed by atoms with Gasteiger partial charge in [0.05, 0.1) is 16.8 Å². The molecule has 1 aromatic carbocycles. The summed E-state index contributed by atoms with van der Waals surface area (Å²) in [5.41, 5.74) is 5.12. The van der Waals surface area contributed by atoms with Crippen molar-refractivity contribution in [2.75, 3.05) is 11.1 Å². The van der Waals surface area contributed by atoms with Gasteiger partial charge in [-0.05, 0) is 30.3 Å². The van der Waals surface area contributed by atoms with Crippen LogP contribution in [0.3, 0.4) is 0 Å². The Balaban J connectivity index is 1.88. The van der Waals surface area contributed by atoms with Gasteiger partial charge in [0.25, 0.3) is 0 Å². The first-order valence-corrected chi connectivity index (χ1v) is 7.54. The number of nitrogens with zero attached hydrogens (tertiary/aromatic N) is 3. The fraction of sp³-hybridized carbons (Fsp3) is 0.0625. The predicted molar refractivity (Wildman–Crippen MR) is 90.5 cm³/mol. The Labute approximate surface area is 150 Å². The van der Waals surface area contributed by atoms with Crippen molar-refractivity contribution < 1.29 is 17.9 Å². The summed E-state index contributed by atoms with van der Waals surface area (Å²) in [6.07, 6.45) is -0.378. The lowest BCUT2D eigenvalue weighted by molar-refractivity contribution is -0.137. The van der Waals surface area contributed by atoms with E-state index in [1.165, 1.54) is 18.6 Å². The Kier molecular flexibility index (Phi) is 4.81. The van der Waals surface area contributed by atoms with Crippen molar-refractivity contribution in [3.63, 3.8) is 0 Å². The van der Waals surface area contributed by atoms with E-state index in [4.69, 9.17) is 22.1 Å². The molecule has 3 aromatic rings. The summed E-state index contributed by atoms with van der Waals surface area (Å²) in [7, 11) is 0. The molecular formula is C16H11ClF3N5O. The van der Waals surface area contributed by atoms with Gasteiger partial charge in [0, 0.05) is 11.9 Å². The zero-order valence-corrected chi connectivity index (χ0v) is 13.7. The van der Waals surface area contributed by atoms with Crippen LogP contribution < -0.4 is 15.8 Å². The number of pyridine rings is 1. The lowest BCUT2D eigenvalue weighted by atomic mass is 10.2. The summed E-state index contributed by atoms with van der Waals surface area (Å²) in [5.74, 6) is 0.532. The molecule has 0 fully saturated rings. The van der Waals surface area contributed by atoms with Gasteiger partial charge >= 0.3 is 6.18 Å². The number of hydrogen-bond donors (Lipinski definition) is 2. The van der Waals surface area contributed by atoms with E-state index in [1.54, 1.807) is 18.3 Å². The molecule has 6 nitrogen and oxygen atoms in total. The minimum atomic E-state index is -4.58. The SMILES string of the molecule is Nc1c(Nc2ccc(Cl)c(C(F)(F)F)c2)ncnc1Oc1cccnc1. The molecule has 26 heavy (non-hydrogen) atoms. The van der Waals surface area contributed by atoms with Crippen LogP contribution in [0, 0.1) is 0 Å². The Morgan fingerprint density at radius 1 is 1.15 bits per heavy atom. The van der Waals surface area contributed by atoms with Crippen molar-refractivity contribution in [3.8, 4) is 11.6 Å². The molecule has 0 saturated carbocycles. The molecule has 0 aliphatic heterocycles. The molecule has 0 aliphatic rings. The molecule has 3 rings (SSSR count). The van der Waals surface area contributed by atoms with E-state index in [1.807, 2.05) is 0 Å². The summed E-state index contributed by atoms with van der Waals surface area (Å²) >= 11 is 5.61. The quantitative estimate of drug-likeness (QED) is 0.683. The first-order valence-electron chi connectivity index (χ1n) is 7.16. The van der Waals surface area contributed by atoms with Gasteiger partial charge in [-0.3, -0.25) is 4.98 Å². The molecular weight excluding hydrogens is 371 g/mol. The number of nitrogens with two attached hydrogens (primary N) is 1. The van der Waals surface area contributed by atoms with Crippen molar-refractivity contribution in [3.05, 3.63) is 59.6 Å². The molecule has 0 bridgehead atoms. The molecule has 0 atom stereocenters. The average Bonchev–Trinajstić information content (AvgIpc) is 2.60. The third-order valence-corrected chi connectivity index (χ3v) is 3.56. The number of halogens is 4. The maximum absolute atomic E-state index is 13.0. The van der Waals surface area contributed by atoms with Crippen LogP contribution >= 0.6 is 11.6 Å². The van der Waals surface area contributed by atoms with Crippen LogP contribution in [0.25, 0.3) is 0 Å². The number of benzene rings is 1. The Hall–Kier alpha value is -3.07. The fourth-order valence-electron chi connectivity index (χ4n) is 2.04. The maximum Gasteiger partial charge on any atom is 0.417 e. The highest BCUT2D eigenvalue weighted by Gasteiger charge is 2.33. The van der Waals surface area contributed by atoms with Gasteiger partial charge in [0.15, 0.2) is 5.82 Å². The topological polar surface area (TPSA) is 86.0 Å². The first kappa shape index (κ1) is 17.7. The van der Waals surface area contributed by atoms with Gasteiger partial charge in [-0.15, -0.1) is 0 Å². The second kappa shape index (κ2) is 7.04. The lowest BCUT2D eigenvalue weighted by Crippen LogP contribution is -2.07. The number of nitrogens with one attached hydrogen (secondary N) is 1. The second-order valence-corrected chi connectivity index (χ2v) is 5.46. The fourth-order valence-corrected chi connectivity index (χ4v) is 2.26. The van der Waals surface area contributed by atoms with E-state index in [9.17, 15) is 13.2 Å². The van der Waals surface area contributed by atoms with Crippen molar-refractivity contribution in [2.45, 2.75) is 6.18 Å². The van der Waals surface area contributed by atoms with Crippen molar-refractivity contribution in [1.29, 1.82) is 0 Å². The van der Waals surface area contributed by atoms with Gasteiger partial charge in [0.1, 0.15) is 17.8 Å². The number of rotatable bonds is 4. The summed E-state index contributed by atoms with van der Waals surface area (Å²) in [5, 5.41) is 2.30. The van der Waals surface area contributed by atoms with E-state index >= 15 is 0 Å². The minimum absolute atomic E-state index is 0.0276. The third-order valence-electron chi connectivity index (χ3n) is 3.23. The number of nitrogen functional groups attached to an aromatic ring is 1. The molecule has 0 unspecified atom stereocenters. The Morgan fingerprint density at radius 2 is 1.96 bits per heavy atom. The highest BCUT2D eigenvalue weighted by molar-refractivity contribution is 6.31. The van der Waals surface area contributed by atoms with Crippen LogP contribution in [-0.4, -0.2) is 15.0 Å². The van der Waals surface area contributed by atoms with Crippen LogP contribution in [0.5, 0.6) is 11.6 Å². The maximum atomic E-state index is 13.0. The summed E-state index contributed by atoms with van der Waals surface area (Å²) in [4.78, 5) is 11.8. The summed E-state index contributed by atoms with van der Waals surface area (Å²) in [6, 6.07) is 6.69. The standard InChI is InChI=1S/C16H11ClF3N5O/c17-12-4-3-9(6-11(12)16(18,19)20)25-14-13(21)15(24-8-23-14)26-10-2-1-5-22-7-10/h1-8H,21H2,(H,23,24,25). The molecule has 0 aliphatic carbocycles. The number of anilines is 3. The second-order valence-electron chi connectivity index (χ2n) is 5.05. The molecule has 10 heteroatoms. The molecule has 0 radical (unpaired) electrons. The van der Waals surface area contributed by atoms with Crippen LogP contribution in [0.4, 0.5) is 30.4 Å². The average molecular weight is 382 g/mol. The van der Waals surface area contributed by atoms with E-state index < -0.39 is 16.8 Å². The highest BCUT2D eigenvalue weighted by Crippen LogP contribution is 2.37. The third kappa shape index (κ3) is 3.94. The molecule has 2 aromatic heterocycles. The van der Waals surface area contributed by atoms with Gasteiger partial charge in [-0.25, -0.2) is 4.98 Å². The number of ether oxygens (including phenoxy) is 1. The smallest absolute Gasteiger partial charge is 0.417 e. The van der Waals surface area contributed by atoms with Crippen molar-refractivity contribution in [1.82, 2.24) is 15.0 Å². The van der Waals surface area contributed by atoms with Gasteiger partial charge in [-0.2, -0.15) is 18.2 Å². The van der Waals surface area contributed by atoms with Crippen LogP contribution in [-0.2, 0) is 6.18 Å². The Morgan fingerprint density at radius 3 is 2.65 bits per heavy atom. The summed E-state index contributed by atoms with van der Waals surface area (Å²) < 4.78 is 44.4. The molecule has 0 saturated heterocycles. The normalized spacial score (nSPS) is 11.2. The molecule has 3 N–H and O–H groups in total. The number of alkyl halides is 3. The predicted octanol–water partition coefficient (Wildman–Crippen LogP) is 4.66. The van der Waals surface area contributed by atoms with Gasteiger partial charge in [-0.1, -0.05) is 11.6 Å². The zero-order valence-electron chi connectivity index (χ0n) is 13.0. The molecule has 0 spiro atoms. The first-order chi connectivity index (χ1) is 12.3. The summed E-state index contributed by atoms with van der Waals surface area (Å²) in [6.45, 7) is 0. The van der Waals surface area contributed by atoms with E-state index in [-0.39, 0.29) is 23.1 Å². The number of aromatic nitrogens is 3. The van der Waals surface area contributed by atoms with Crippen LogP contribution in [0.1, 0.15) is 5.56 Å². The van der Waals surface area contributed by atoms with Crippen LogP contribution in [0.2, 0.25) is 5.02 Å². The van der Waals surface area contributed by atoms with Crippen molar-refractivity contribution >= 4 is 28.8 Å². The Bertz CT molecular complexity index is 922. The molecule has 0 amide bonds. The zero-order chi connectivity index (χ0) is 18.7. The highest BCUT2D eigenvalue weighted by atomic mass is 35.5. The number of hydrogen-bond acceptors (Lipinski definition) is 6. The largest absolute Gasteiger partial charge is 0.435 e. The van der Waals surface area contributed by atoms with E-state index in [2.05, 4.69) is 20.3 Å². The molecule has 2 heterocycles. The lowest BCUT2D eigenvalue weighted by Gasteiger charge is -2.14. The van der Waals surface area contributed by atoms with E-state index in [0.717, 1.165) is 12.1 Å². The van der Waals surface area contributed by atoms with Gasteiger partial charge in [0.2, 0.25) is 5.88 Å². The monoisotopic (exact) mass is 381 g/mol. The van der Waals surface area contributed by atoms with Crippen LogP contribution in [0.15, 0.2) is 49.1 Å². The van der Waals surface area contributed by atoms with Crippen molar-refractivity contribution in [2.24, 2.45) is 0 Å².